The maximum atomic E-state index is 13.9. The summed E-state index contributed by atoms with van der Waals surface area (Å²) in [5.41, 5.74) is -3.69. The lowest BCUT2D eigenvalue weighted by Gasteiger charge is -2.09. The molecule has 3 aromatic heterocycles. The molecule has 0 aliphatic heterocycles. The lowest BCUT2D eigenvalue weighted by molar-refractivity contribution is -0.136. The van der Waals surface area contributed by atoms with E-state index in [0.29, 0.717) is 21.2 Å². The summed E-state index contributed by atoms with van der Waals surface area (Å²) < 4.78 is 58.6. The molecule has 0 aromatic carbocycles. The number of nitrogens with zero attached hydrogens (tertiary/aromatic N) is 4. The molecule has 3 heterocycles. The number of aromatic nitrogens is 4. The Labute approximate surface area is 151 Å². The van der Waals surface area contributed by atoms with Crippen LogP contribution in [0.1, 0.15) is 11.3 Å². The van der Waals surface area contributed by atoms with Gasteiger partial charge in [-0.3, -0.25) is 4.98 Å². The van der Waals surface area contributed by atoms with E-state index < -0.39 is 47.5 Å². The number of hydrogen-bond acceptors (Lipinski definition) is 5. The molecule has 27 heavy (non-hydrogen) atoms. The zero-order chi connectivity index (χ0) is 19.9. The number of carboxylic acid groups (broad SMARTS) is 1. The van der Waals surface area contributed by atoms with Gasteiger partial charge in [0, 0.05) is 12.3 Å². The second-order valence-corrected chi connectivity index (χ2v) is 5.57. The molecule has 0 aliphatic rings. The molecule has 0 saturated heterocycles. The van der Waals surface area contributed by atoms with Crippen molar-refractivity contribution in [3.05, 3.63) is 57.0 Å². The molecule has 0 radical (unpaired) electrons. The largest absolute Gasteiger partial charge is 0.512 e. The average molecular weight is 407 g/mol. The molecular weight excluding hydrogens is 400 g/mol. The van der Waals surface area contributed by atoms with Crippen LogP contribution in [0.4, 0.5) is 22.4 Å². The van der Waals surface area contributed by atoms with Gasteiger partial charge < -0.3 is 9.84 Å². The number of ether oxygens (including phenoxy) is 1. The van der Waals surface area contributed by atoms with Crippen LogP contribution in [-0.4, -0.2) is 30.4 Å². The van der Waals surface area contributed by atoms with Gasteiger partial charge in [-0.2, -0.15) is 13.2 Å². The smallest absolute Gasteiger partial charge is 0.449 e. The van der Waals surface area contributed by atoms with E-state index in [1.807, 2.05) is 0 Å². The summed E-state index contributed by atoms with van der Waals surface area (Å²) in [6.45, 7) is -0.618. The maximum absolute atomic E-state index is 13.9. The topological polar surface area (TPSA) is 98.7 Å². The molecule has 0 bridgehead atoms. The van der Waals surface area contributed by atoms with Crippen molar-refractivity contribution in [1.29, 1.82) is 0 Å². The molecule has 142 valence electrons. The van der Waals surface area contributed by atoms with Gasteiger partial charge in [-0.1, -0.05) is 11.6 Å². The first-order valence-corrected chi connectivity index (χ1v) is 7.36. The van der Waals surface area contributed by atoms with Crippen LogP contribution in [0.5, 0.6) is 5.88 Å². The molecule has 0 fully saturated rings. The summed E-state index contributed by atoms with van der Waals surface area (Å²) in [6.07, 6.45) is -5.65. The summed E-state index contributed by atoms with van der Waals surface area (Å²) in [7, 11) is 0. The zero-order valence-electron chi connectivity index (χ0n) is 12.9. The van der Waals surface area contributed by atoms with E-state index in [1.165, 1.54) is 0 Å². The summed E-state index contributed by atoms with van der Waals surface area (Å²) in [5, 5.41) is 12.2. The summed E-state index contributed by atoms with van der Waals surface area (Å²) in [5.74, 6) is -1.60. The van der Waals surface area contributed by atoms with Gasteiger partial charge in [0.2, 0.25) is 5.88 Å². The second-order valence-electron chi connectivity index (χ2n) is 5.13. The first-order chi connectivity index (χ1) is 12.6. The van der Waals surface area contributed by atoms with Crippen LogP contribution in [0.2, 0.25) is 5.02 Å². The molecule has 3 aromatic rings. The van der Waals surface area contributed by atoms with Gasteiger partial charge in [-0.15, -0.1) is 5.10 Å². The van der Waals surface area contributed by atoms with Crippen LogP contribution in [0.25, 0.3) is 5.65 Å². The fourth-order valence-electron chi connectivity index (χ4n) is 2.28. The van der Waals surface area contributed by atoms with E-state index in [0.717, 1.165) is 12.3 Å². The molecule has 0 spiro atoms. The first kappa shape index (κ1) is 18.6. The van der Waals surface area contributed by atoms with Crippen LogP contribution < -0.4 is 10.4 Å². The van der Waals surface area contributed by atoms with Gasteiger partial charge in [0.05, 0.1) is 17.3 Å². The monoisotopic (exact) mass is 406 g/mol. The van der Waals surface area contributed by atoms with Crippen molar-refractivity contribution in [3.63, 3.8) is 0 Å². The highest BCUT2D eigenvalue weighted by Crippen LogP contribution is 2.33. The predicted molar refractivity (Wildman–Crippen MR) is 81.4 cm³/mol. The van der Waals surface area contributed by atoms with Crippen molar-refractivity contribution in [2.75, 3.05) is 0 Å². The number of carbonyl (C=O) groups is 1. The Morgan fingerprint density at radius 1 is 1.33 bits per heavy atom. The Morgan fingerprint density at radius 3 is 2.63 bits per heavy atom. The third kappa shape index (κ3) is 3.56. The third-order valence-electron chi connectivity index (χ3n) is 3.37. The number of rotatable bonds is 3. The summed E-state index contributed by atoms with van der Waals surface area (Å²) >= 11 is 5.57. The first-order valence-electron chi connectivity index (χ1n) is 6.98. The molecule has 0 aliphatic carbocycles. The van der Waals surface area contributed by atoms with Crippen LogP contribution in [0, 0.1) is 5.82 Å². The molecule has 0 unspecified atom stereocenters. The lowest BCUT2D eigenvalue weighted by atomic mass is 10.2. The molecule has 0 amide bonds. The molecule has 3 rings (SSSR count). The Kier molecular flexibility index (Phi) is 4.51. The quantitative estimate of drug-likeness (QED) is 0.530. The predicted octanol–water partition coefficient (Wildman–Crippen LogP) is 2.81. The summed E-state index contributed by atoms with van der Waals surface area (Å²) in [6, 6.07) is 2.09. The molecule has 13 heteroatoms. The third-order valence-corrected chi connectivity index (χ3v) is 3.58. The number of fused-ring (bicyclic) bond motifs is 1. The minimum atomic E-state index is -4.89. The molecular formula is C14H7ClF4N4O4. The molecule has 8 nitrogen and oxygen atoms in total. The Morgan fingerprint density at radius 2 is 2.04 bits per heavy atom. The van der Waals surface area contributed by atoms with Crippen molar-refractivity contribution in [2.45, 2.75) is 12.7 Å². The van der Waals surface area contributed by atoms with Gasteiger partial charge in [0.1, 0.15) is 11.4 Å². The highest BCUT2D eigenvalue weighted by atomic mass is 35.5. The summed E-state index contributed by atoms with van der Waals surface area (Å²) in [4.78, 5) is 26.8. The van der Waals surface area contributed by atoms with Crippen molar-refractivity contribution in [2.24, 2.45) is 0 Å². The number of alkyl halides is 3. The van der Waals surface area contributed by atoms with Gasteiger partial charge >= 0.3 is 18.0 Å². The van der Waals surface area contributed by atoms with E-state index in [-0.39, 0.29) is 10.7 Å². The van der Waals surface area contributed by atoms with Gasteiger partial charge in [0.15, 0.2) is 5.65 Å². The second kappa shape index (κ2) is 6.54. The fraction of sp³-hybridized carbons (Fsp3) is 0.143. The maximum Gasteiger partial charge on any atom is 0.512 e. The van der Waals surface area contributed by atoms with Crippen molar-refractivity contribution >= 4 is 23.4 Å². The molecule has 0 atom stereocenters. The van der Waals surface area contributed by atoms with Crippen LogP contribution in [-0.2, 0) is 12.7 Å². The van der Waals surface area contributed by atoms with Crippen LogP contribution >= 0.6 is 11.6 Å². The van der Waals surface area contributed by atoms with E-state index in [4.69, 9.17) is 16.7 Å². The van der Waals surface area contributed by atoms with Gasteiger partial charge in [-0.05, 0) is 12.1 Å². The number of hydrogen-bond donors (Lipinski definition) is 1. The average Bonchev–Trinajstić information content (AvgIpc) is 2.86. The Bertz CT molecular complexity index is 1110. The Balaban J connectivity index is 2.21. The van der Waals surface area contributed by atoms with E-state index in [1.54, 1.807) is 0 Å². The molecule has 0 saturated carbocycles. The van der Waals surface area contributed by atoms with Crippen molar-refractivity contribution in [3.8, 4) is 5.88 Å². The van der Waals surface area contributed by atoms with Gasteiger partial charge in [0.25, 0.3) is 0 Å². The zero-order valence-corrected chi connectivity index (χ0v) is 13.6. The normalized spacial score (nSPS) is 11.7. The van der Waals surface area contributed by atoms with Gasteiger partial charge in [-0.25, -0.2) is 23.1 Å². The Hall–Kier alpha value is -3.15. The minimum Gasteiger partial charge on any atom is -0.449 e. The van der Waals surface area contributed by atoms with Crippen molar-refractivity contribution in [1.82, 2.24) is 19.2 Å². The van der Waals surface area contributed by atoms with Crippen LogP contribution in [0.3, 0.4) is 0 Å². The van der Waals surface area contributed by atoms with Crippen molar-refractivity contribution < 1.29 is 32.2 Å². The molecule has 1 N–H and O–H groups in total. The minimum absolute atomic E-state index is 0.0184. The van der Waals surface area contributed by atoms with E-state index >= 15 is 0 Å². The highest BCUT2D eigenvalue weighted by molar-refractivity contribution is 6.30. The number of halogens is 5. The van der Waals surface area contributed by atoms with E-state index in [2.05, 4.69) is 14.8 Å². The lowest BCUT2D eigenvalue weighted by Crippen LogP contribution is -2.24. The SMILES string of the molecule is O=C(O)Oc1ccc(C(F)(F)F)c2nn(Cc3ncc(Cl)cc3F)c(=O)n12. The standard InChI is InChI=1S/C14H7ClF4N4O4/c15-6-3-8(16)9(20-4-6)5-22-12(24)23-10(27-13(25)26)2-1-7(11(23)21-22)14(17,18)19/h1-4H,5H2,(H,25,26). The van der Waals surface area contributed by atoms with E-state index in [9.17, 15) is 27.2 Å². The number of pyridine rings is 2. The van der Waals surface area contributed by atoms with Crippen LogP contribution in [0.15, 0.2) is 29.2 Å². The fourth-order valence-corrected chi connectivity index (χ4v) is 2.42. The highest BCUT2D eigenvalue weighted by Gasteiger charge is 2.36.